The molecule has 1 saturated heterocycles. The molecule has 200 valence electrons. The second-order valence-electron chi connectivity index (χ2n) is 9.07. The summed E-state index contributed by atoms with van der Waals surface area (Å²) in [6, 6.07) is 6.01. The van der Waals surface area contributed by atoms with Crippen molar-refractivity contribution in [2.45, 2.75) is 44.6 Å². The molecule has 0 atom stereocenters. The fourth-order valence-electron chi connectivity index (χ4n) is 4.70. The number of halogens is 3. The van der Waals surface area contributed by atoms with E-state index in [4.69, 9.17) is 0 Å². The zero-order chi connectivity index (χ0) is 26.4. The summed E-state index contributed by atoms with van der Waals surface area (Å²) >= 11 is 0. The molecule has 0 bridgehead atoms. The van der Waals surface area contributed by atoms with E-state index in [1.165, 1.54) is 18.2 Å². The van der Waals surface area contributed by atoms with Gasteiger partial charge >= 0.3 is 12.0 Å². The maximum atomic E-state index is 12.7. The molecule has 1 aromatic carbocycles. The number of benzene rings is 1. The largest absolute Gasteiger partial charge is 0.573 e. The molecule has 1 saturated carbocycles. The number of aromatic nitrogens is 2. The number of hydrogen-bond acceptors (Lipinski definition) is 9. The molecule has 0 radical (unpaired) electrons. The monoisotopic (exact) mass is 523 g/mol. The maximum absolute atomic E-state index is 12.7. The van der Waals surface area contributed by atoms with E-state index in [2.05, 4.69) is 35.6 Å². The first-order valence-corrected chi connectivity index (χ1v) is 12.0. The van der Waals surface area contributed by atoms with Crippen molar-refractivity contribution in [3.63, 3.8) is 0 Å². The number of anilines is 2. The Morgan fingerprint density at radius 1 is 1.19 bits per heavy atom. The van der Waals surface area contributed by atoms with Crippen molar-refractivity contribution < 1.29 is 27.6 Å². The van der Waals surface area contributed by atoms with Crippen molar-refractivity contribution in [2.24, 2.45) is 5.92 Å². The minimum atomic E-state index is -4.83. The topological polar surface area (TPSA) is 135 Å². The van der Waals surface area contributed by atoms with Crippen LogP contribution in [0, 0.1) is 16.0 Å². The molecule has 4 rings (SSSR count). The molecule has 1 amide bonds. The van der Waals surface area contributed by atoms with Gasteiger partial charge in [-0.05, 0) is 37.7 Å². The summed E-state index contributed by atoms with van der Waals surface area (Å²) < 4.78 is 42.1. The number of nitrogens with zero attached hydrogens (tertiary/aromatic N) is 4. The summed E-state index contributed by atoms with van der Waals surface area (Å²) in [5.74, 6) is 0.0434. The predicted molar refractivity (Wildman–Crippen MR) is 128 cm³/mol. The van der Waals surface area contributed by atoms with Gasteiger partial charge in [0, 0.05) is 37.8 Å². The van der Waals surface area contributed by atoms with E-state index in [9.17, 15) is 28.1 Å². The number of rotatable bonds is 9. The van der Waals surface area contributed by atoms with Crippen LogP contribution < -0.4 is 20.7 Å². The van der Waals surface area contributed by atoms with Gasteiger partial charge in [-0.1, -0.05) is 18.2 Å². The highest BCUT2D eigenvalue weighted by Crippen LogP contribution is 2.30. The second-order valence-corrected chi connectivity index (χ2v) is 9.07. The number of carbonyl (C=O) groups is 1. The van der Waals surface area contributed by atoms with Gasteiger partial charge in [-0.2, -0.15) is 4.98 Å². The molecule has 3 N–H and O–H groups in total. The standard InChI is InChI=1S/C23H28F3N7O4/c24-23(25,26)37-19-4-2-1-3-16(19)12-29-22-30-13-18(33(35)36)21(31-22)28-11-15-5-7-17(8-6-15)32-10-9-27-20(34)14-32/h1-4,13,15,17H,5-12,14H2,(H,27,34)(H2,28,29,30,31)/t15-,17-. The quantitative estimate of drug-likeness (QED) is 0.334. The SMILES string of the molecule is O=C1CN([C@H]2CC[C@H](CNc3nc(NCc4ccccc4OC(F)(F)F)ncc3[N+](=O)[O-])CC2)CCN1. The lowest BCUT2D eigenvalue weighted by molar-refractivity contribution is -0.384. The summed E-state index contributed by atoms with van der Waals surface area (Å²) in [5.41, 5.74) is -0.0707. The molecule has 0 spiro atoms. The van der Waals surface area contributed by atoms with Gasteiger partial charge in [0.05, 0.1) is 11.5 Å². The number of piperazine rings is 1. The number of para-hydroxylation sites is 1. The Labute approximate surface area is 210 Å². The van der Waals surface area contributed by atoms with Crippen LogP contribution in [0.5, 0.6) is 5.75 Å². The Balaban J connectivity index is 1.35. The van der Waals surface area contributed by atoms with E-state index in [1.807, 2.05) is 0 Å². The van der Waals surface area contributed by atoms with Crippen LogP contribution >= 0.6 is 0 Å². The molecule has 0 unspecified atom stereocenters. The lowest BCUT2D eigenvalue weighted by atomic mass is 9.85. The molecule has 1 aromatic heterocycles. The number of nitro groups is 1. The Morgan fingerprint density at radius 3 is 2.65 bits per heavy atom. The average Bonchev–Trinajstić information content (AvgIpc) is 2.86. The zero-order valence-electron chi connectivity index (χ0n) is 20.0. The van der Waals surface area contributed by atoms with Crippen molar-refractivity contribution >= 4 is 23.4 Å². The van der Waals surface area contributed by atoms with Gasteiger partial charge in [-0.15, -0.1) is 13.2 Å². The number of alkyl halides is 3. The van der Waals surface area contributed by atoms with Gasteiger partial charge in [0.2, 0.25) is 17.7 Å². The van der Waals surface area contributed by atoms with Crippen LogP contribution in [0.2, 0.25) is 0 Å². The third kappa shape index (κ3) is 7.41. The molecule has 37 heavy (non-hydrogen) atoms. The molecular formula is C23H28F3N7O4. The predicted octanol–water partition coefficient (Wildman–Crippen LogP) is 3.30. The zero-order valence-corrected chi connectivity index (χ0v) is 20.0. The summed E-state index contributed by atoms with van der Waals surface area (Å²) in [6.07, 6.45) is -0.0619. The second kappa shape index (κ2) is 11.6. The summed E-state index contributed by atoms with van der Waals surface area (Å²) in [4.78, 5) is 32.9. The van der Waals surface area contributed by atoms with Crippen molar-refractivity contribution in [3.8, 4) is 5.75 Å². The first-order chi connectivity index (χ1) is 17.7. The van der Waals surface area contributed by atoms with Gasteiger partial charge in [-0.25, -0.2) is 4.98 Å². The maximum Gasteiger partial charge on any atom is 0.573 e. The third-order valence-corrected chi connectivity index (χ3v) is 6.56. The van der Waals surface area contributed by atoms with E-state index < -0.39 is 11.3 Å². The smallest absolute Gasteiger partial charge is 0.405 e. The van der Waals surface area contributed by atoms with Crippen molar-refractivity contribution in [1.29, 1.82) is 0 Å². The van der Waals surface area contributed by atoms with Crippen LogP contribution in [-0.2, 0) is 11.3 Å². The minimum absolute atomic E-state index is 0.0296. The Kier molecular flexibility index (Phi) is 8.26. The van der Waals surface area contributed by atoms with Crippen molar-refractivity contribution in [3.05, 3.63) is 46.1 Å². The minimum Gasteiger partial charge on any atom is -0.405 e. The van der Waals surface area contributed by atoms with Crippen LogP contribution in [-0.4, -0.2) is 64.3 Å². The Morgan fingerprint density at radius 2 is 1.95 bits per heavy atom. The van der Waals surface area contributed by atoms with E-state index in [-0.39, 0.29) is 47.1 Å². The van der Waals surface area contributed by atoms with Gasteiger partial charge in [-0.3, -0.25) is 19.8 Å². The highest BCUT2D eigenvalue weighted by atomic mass is 19.4. The fraction of sp³-hybridized carbons (Fsp3) is 0.522. The number of nitrogens with one attached hydrogen (secondary N) is 3. The molecule has 11 nitrogen and oxygen atoms in total. The van der Waals surface area contributed by atoms with Crippen LogP contribution in [0.3, 0.4) is 0 Å². The lowest BCUT2D eigenvalue weighted by Gasteiger charge is -2.38. The molecule has 14 heteroatoms. The van der Waals surface area contributed by atoms with Crippen molar-refractivity contribution in [1.82, 2.24) is 20.2 Å². The van der Waals surface area contributed by atoms with E-state index in [1.54, 1.807) is 6.07 Å². The lowest BCUT2D eigenvalue weighted by Crippen LogP contribution is -2.52. The molecule has 2 heterocycles. The molecule has 2 aliphatic rings. The molecule has 1 aliphatic heterocycles. The van der Waals surface area contributed by atoms with Crippen molar-refractivity contribution in [2.75, 3.05) is 36.8 Å². The van der Waals surface area contributed by atoms with Gasteiger partial charge in [0.15, 0.2) is 0 Å². The summed E-state index contributed by atoms with van der Waals surface area (Å²) in [5, 5.41) is 20.2. The summed E-state index contributed by atoms with van der Waals surface area (Å²) in [6.45, 7) is 2.32. The number of amides is 1. The Bertz CT molecular complexity index is 1110. The van der Waals surface area contributed by atoms with Crippen LogP contribution in [0.15, 0.2) is 30.5 Å². The highest BCUT2D eigenvalue weighted by molar-refractivity contribution is 5.78. The van der Waals surface area contributed by atoms with Gasteiger partial charge in [0.1, 0.15) is 11.9 Å². The molecule has 2 aromatic rings. The van der Waals surface area contributed by atoms with Crippen LogP contribution in [0.4, 0.5) is 30.6 Å². The highest BCUT2D eigenvalue weighted by Gasteiger charge is 2.32. The van der Waals surface area contributed by atoms with Crippen LogP contribution in [0.25, 0.3) is 0 Å². The Hall–Kier alpha value is -3.68. The van der Waals surface area contributed by atoms with E-state index in [0.29, 0.717) is 25.7 Å². The van der Waals surface area contributed by atoms with Crippen LogP contribution in [0.1, 0.15) is 31.2 Å². The third-order valence-electron chi connectivity index (χ3n) is 6.56. The van der Waals surface area contributed by atoms with E-state index >= 15 is 0 Å². The summed E-state index contributed by atoms with van der Waals surface area (Å²) in [7, 11) is 0. The number of ether oxygens (including phenoxy) is 1. The number of carbonyl (C=O) groups excluding carboxylic acids is 1. The molecule has 2 fully saturated rings. The molecule has 1 aliphatic carbocycles. The average molecular weight is 524 g/mol. The van der Waals surface area contributed by atoms with Gasteiger partial charge < -0.3 is 20.7 Å². The molecular weight excluding hydrogens is 495 g/mol. The first kappa shape index (κ1) is 26.4. The normalized spacial score (nSPS) is 20.7. The van der Waals surface area contributed by atoms with Gasteiger partial charge in [0.25, 0.3) is 0 Å². The number of hydrogen-bond donors (Lipinski definition) is 3. The fourth-order valence-corrected chi connectivity index (χ4v) is 4.70. The first-order valence-electron chi connectivity index (χ1n) is 12.0. The van der Waals surface area contributed by atoms with E-state index in [0.717, 1.165) is 38.4 Å².